The van der Waals surface area contributed by atoms with E-state index in [1.165, 1.54) is 7.11 Å². The molecule has 0 radical (unpaired) electrons. The van der Waals surface area contributed by atoms with Crippen molar-refractivity contribution in [1.29, 1.82) is 5.26 Å². The number of nitrogens with one attached hydrogen (secondary N) is 1. The molecule has 0 saturated heterocycles. The van der Waals surface area contributed by atoms with E-state index < -0.39 is 5.60 Å². The zero-order valence-corrected chi connectivity index (χ0v) is 13.7. The number of benzene rings is 1. The normalized spacial score (nSPS) is 13.0. The lowest BCUT2D eigenvalue weighted by molar-refractivity contribution is -0.136. The van der Waals surface area contributed by atoms with Crippen molar-refractivity contribution < 1.29 is 14.3 Å². The number of unbranched alkanes of at least 4 members (excludes halogenated alkanes) is 1. The first kappa shape index (κ1) is 18.0. The van der Waals surface area contributed by atoms with Gasteiger partial charge in [0.25, 0.3) is 5.91 Å². The fourth-order valence-corrected chi connectivity index (χ4v) is 1.81. The number of carbonyl (C=O) groups excluding carboxylic acids is 1. The second kappa shape index (κ2) is 8.40. The molecule has 0 bridgehead atoms. The molecule has 5 nitrogen and oxygen atoms in total. The number of anilines is 1. The summed E-state index contributed by atoms with van der Waals surface area (Å²) in [6, 6.07) is 7.15. The van der Waals surface area contributed by atoms with Crippen molar-refractivity contribution >= 4 is 11.6 Å². The first-order valence-electron chi connectivity index (χ1n) is 7.54. The standard InChI is InChI=1S/C17H24N2O3/c1-5-7-10-22-15-9-8-14(11-13(15)12-18)19-16(20)17(3,6-2)21-4/h8-9,11H,5-7,10H2,1-4H3,(H,19,20)/t17-/m1/s1. The third-order valence-corrected chi connectivity index (χ3v) is 3.72. The van der Waals surface area contributed by atoms with Crippen LogP contribution >= 0.6 is 0 Å². The highest BCUT2D eigenvalue weighted by Crippen LogP contribution is 2.24. The zero-order valence-electron chi connectivity index (χ0n) is 13.7. The Kier molecular flexibility index (Phi) is 6.87. The van der Waals surface area contributed by atoms with Crippen LogP contribution in [0.2, 0.25) is 0 Å². The minimum atomic E-state index is -0.886. The topological polar surface area (TPSA) is 71.3 Å². The van der Waals surface area contributed by atoms with Gasteiger partial charge in [0.15, 0.2) is 0 Å². The van der Waals surface area contributed by atoms with E-state index in [0.29, 0.717) is 30.0 Å². The molecule has 0 aliphatic carbocycles. The predicted octanol–water partition coefficient (Wildman–Crippen LogP) is 3.49. The molecular weight excluding hydrogens is 280 g/mol. The minimum Gasteiger partial charge on any atom is -0.492 e. The fourth-order valence-electron chi connectivity index (χ4n) is 1.81. The van der Waals surface area contributed by atoms with Crippen LogP contribution in [-0.2, 0) is 9.53 Å². The van der Waals surface area contributed by atoms with Crippen molar-refractivity contribution in [3.05, 3.63) is 23.8 Å². The molecule has 0 unspecified atom stereocenters. The Bertz CT molecular complexity index is 545. The Hall–Kier alpha value is -2.06. The molecule has 1 aromatic carbocycles. The quantitative estimate of drug-likeness (QED) is 0.746. The zero-order chi connectivity index (χ0) is 16.6. The molecule has 1 N–H and O–H groups in total. The number of hydrogen-bond donors (Lipinski definition) is 1. The molecule has 0 aliphatic heterocycles. The number of nitriles is 1. The third-order valence-electron chi connectivity index (χ3n) is 3.72. The second-order valence-electron chi connectivity index (χ2n) is 5.27. The van der Waals surface area contributed by atoms with Crippen LogP contribution in [0.3, 0.4) is 0 Å². The molecule has 1 rings (SSSR count). The molecule has 0 heterocycles. The maximum Gasteiger partial charge on any atom is 0.256 e. The van der Waals surface area contributed by atoms with Crippen LogP contribution in [-0.4, -0.2) is 25.2 Å². The molecule has 1 amide bonds. The second-order valence-corrected chi connectivity index (χ2v) is 5.27. The van der Waals surface area contributed by atoms with Gasteiger partial charge in [-0.3, -0.25) is 4.79 Å². The molecule has 120 valence electrons. The number of methoxy groups -OCH3 is 1. The Morgan fingerprint density at radius 3 is 2.68 bits per heavy atom. The van der Waals surface area contributed by atoms with Gasteiger partial charge in [0.1, 0.15) is 17.4 Å². The molecule has 1 atom stereocenters. The first-order valence-corrected chi connectivity index (χ1v) is 7.54. The average Bonchev–Trinajstić information content (AvgIpc) is 2.55. The summed E-state index contributed by atoms with van der Waals surface area (Å²) in [5.74, 6) is 0.306. The number of amides is 1. The van der Waals surface area contributed by atoms with E-state index >= 15 is 0 Å². The molecule has 0 spiro atoms. The Morgan fingerprint density at radius 1 is 1.41 bits per heavy atom. The minimum absolute atomic E-state index is 0.235. The van der Waals surface area contributed by atoms with Gasteiger partial charge < -0.3 is 14.8 Å². The SMILES string of the molecule is CCCCOc1ccc(NC(=O)[C@@](C)(CC)OC)cc1C#N. The van der Waals surface area contributed by atoms with Crippen LogP contribution in [0.4, 0.5) is 5.69 Å². The summed E-state index contributed by atoms with van der Waals surface area (Å²) in [5.41, 5.74) is 0.0777. The average molecular weight is 304 g/mol. The molecule has 5 heteroatoms. The van der Waals surface area contributed by atoms with Crippen LogP contribution in [0.1, 0.15) is 45.6 Å². The highest BCUT2D eigenvalue weighted by atomic mass is 16.5. The summed E-state index contributed by atoms with van der Waals surface area (Å²) in [7, 11) is 1.51. The van der Waals surface area contributed by atoms with Crippen LogP contribution in [0.15, 0.2) is 18.2 Å². The van der Waals surface area contributed by atoms with Crippen molar-refractivity contribution in [2.45, 2.75) is 45.6 Å². The van der Waals surface area contributed by atoms with E-state index in [1.54, 1.807) is 25.1 Å². The Labute approximate surface area is 132 Å². The van der Waals surface area contributed by atoms with Crippen molar-refractivity contribution in [3.8, 4) is 11.8 Å². The Balaban J connectivity index is 2.86. The number of hydrogen-bond acceptors (Lipinski definition) is 4. The smallest absolute Gasteiger partial charge is 0.256 e. The van der Waals surface area contributed by atoms with E-state index in [2.05, 4.69) is 18.3 Å². The van der Waals surface area contributed by atoms with Gasteiger partial charge in [-0.05, 0) is 38.0 Å². The van der Waals surface area contributed by atoms with Crippen LogP contribution in [0.25, 0.3) is 0 Å². The van der Waals surface area contributed by atoms with Crippen molar-refractivity contribution in [3.63, 3.8) is 0 Å². The first-order chi connectivity index (χ1) is 10.5. The lowest BCUT2D eigenvalue weighted by atomic mass is 10.0. The monoisotopic (exact) mass is 304 g/mol. The van der Waals surface area contributed by atoms with E-state index in [9.17, 15) is 10.1 Å². The van der Waals surface area contributed by atoms with Gasteiger partial charge in [0.05, 0.1) is 12.2 Å². The van der Waals surface area contributed by atoms with Gasteiger partial charge in [-0.2, -0.15) is 5.26 Å². The van der Waals surface area contributed by atoms with Gasteiger partial charge in [0.2, 0.25) is 0 Å². The number of nitrogens with zero attached hydrogens (tertiary/aromatic N) is 1. The number of rotatable bonds is 8. The predicted molar refractivity (Wildman–Crippen MR) is 85.9 cm³/mol. The lowest BCUT2D eigenvalue weighted by Crippen LogP contribution is -2.41. The molecule has 0 fully saturated rings. The number of carbonyl (C=O) groups is 1. The number of ether oxygens (including phenoxy) is 2. The van der Waals surface area contributed by atoms with Crippen molar-refractivity contribution in [2.24, 2.45) is 0 Å². The van der Waals surface area contributed by atoms with E-state index in [-0.39, 0.29) is 5.91 Å². The molecule has 0 saturated carbocycles. The summed E-state index contributed by atoms with van der Waals surface area (Å²) >= 11 is 0. The summed E-state index contributed by atoms with van der Waals surface area (Å²) in [5, 5.41) is 12.0. The van der Waals surface area contributed by atoms with Crippen LogP contribution < -0.4 is 10.1 Å². The summed E-state index contributed by atoms with van der Waals surface area (Å²) in [6.07, 6.45) is 2.52. The fraction of sp³-hybridized carbons (Fsp3) is 0.529. The van der Waals surface area contributed by atoms with Gasteiger partial charge in [-0.15, -0.1) is 0 Å². The molecule has 22 heavy (non-hydrogen) atoms. The Morgan fingerprint density at radius 2 is 2.14 bits per heavy atom. The van der Waals surface area contributed by atoms with Gasteiger partial charge in [-0.1, -0.05) is 20.3 Å². The maximum absolute atomic E-state index is 12.2. The van der Waals surface area contributed by atoms with E-state index in [0.717, 1.165) is 12.8 Å². The highest BCUT2D eigenvalue weighted by Gasteiger charge is 2.31. The highest BCUT2D eigenvalue weighted by molar-refractivity contribution is 5.97. The van der Waals surface area contributed by atoms with Gasteiger partial charge in [0, 0.05) is 12.8 Å². The summed E-state index contributed by atoms with van der Waals surface area (Å²) < 4.78 is 10.8. The van der Waals surface area contributed by atoms with E-state index in [1.807, 2.05) is 6.92 Å². The van der Waals surface area contributed by atoms with Crippen LogP contribution in [0.5, 0.6) is 5.75 Å². The lowest BCUT2D eigenvalue weighted by Gasteiger charge is -2.25. The largest absolute Gasteiger partial charge is 0.492 e. The molecule has 0 aromatic heterocycles. The summed E-state index contributed by atoms with van der Waals surface area (Å²) in [4.78, 5) is 12.2. The molecule has 0 aliphatic rings. The van der Waals surface area contributed by atoms with Crippen LogP contribution in [0, 0.1) is 11.3 Å². The summed E-state index contributed by atoms with van der Waals surface area (Å²) in [6.45, 7) is 6.27. The van der Waals surface area contributed by atoms with E-state index in [4.69, 9.17) is 9.47 Å². The van der Waals surface area contributed by atoms with Crippen molar-refractivity contribution in [2.75, 3.05) is 19.0 Å². The van der Waals surface area contributed by atoms with Gasteiger partial charge in [-0.25, -0.2) is 0 Å². The van der Waals surface area contributed by atoms with Crippen molar-refractivity contribution in [1.82, 2.24) is 0 Å². The molecular formula is C17H24N2O3. The maximum atomic E-state index is 12.2. The van der Waals surface area contributed by atoms with Gasteiger partial charge >= 0.3 is 0 Å². The molecule has 1 aromatic rings. The third kappa shape index (κ3) is 4.47.